The van der Waals surface area contributed by atoms with Gasteiger partial charge in [0.2, 0.25) is 0 Å². The second-order valence-electron chi connectivity index (χ2n) is 5.92. The normalized spacial score (nSPS) is 24.8. The van der Waals surface area contributed by atoms with Crippen LogP contribution in [0.2, 0.25) is 0 Å². The number of benzene rings is 1. The third-order valence-electron chi connectivity index (χ3n) is 3.32. The molecule has 2 nitrogen and oxygen atoms in total. The minimum absolute atomic E-state index is 0.0714. The molecule has 2 atom stereocenters. The van der Waals surface area contributed by atoms with Gasteiger partial charge in [0, 0.05) is 12.1 Å². The number of rotatable bonds is 0. The van der Waals surface area contributed by atoms with Gasteiger partial charge >= 0.3 is 0 Å². The largest absolute Gasteiger partial charge is 0.391 e. The van der Waals surface area contributed by atoms with E-state index in [-0.39, 0.29) is 17.6 Å². The van der Waals surface area contributed by atoms with Gasteiger partial charge in [0.05, 0.1) is 12.1 Å². The minimum Gasteiger partial charge on any atom is -0.391 e. The van der Waals surface area contributed by atoms with Crippen LogP contribution in [-0.2, 0) is 6.42 Å². The van der Waals surface area contributed by atoms with Gasteiger partial charge in [-0.25, -0.2) is 0 Å². The van der Waals surface area contributed by atoms with Crippen molar-refractivity contribution in [3.8, 4) is 0 Å². The first-order chi connectivity index (χ1) is 7.38. The molecule has 0 saturated carbocycles. The van der Waals surface area contributed by atoms with Crippen molar-refractivity contribution in [1.82, 2.24) is 0 Å². The Hall–Kier alpha value is -1.02. The molecule has 0 bridgehead atoms. The Kier molecular flexibility index (Phi) is 2.70. The van der Waals surface area contributed by atoms with Crippen molar-refractivity contribution >= 4 is 5.69 Å². The summed E-state index contributed by atoms with van der Waals surface area (Å²) in [5, 5.41) is 13.6. The van der Waals surface area contributed by atoms with Gasteiger partial charge in [-0.3, -0.25) is 0 Å². The van der Waals surface area contributed by atoms with Crippen LogP contribution < -0.4 is 5.32 Å². The number of aliphatic hydroxyl groups is 1. The molecule has 1 aliphatic heterocycles. The molecule has 88 valence electrons. The fraction of sp³-hybridized carbons (Fsp3) is 0.571. The Labute approximate surface area is 97.7 Å². The molecule has 2 unspecified atom stereocenters. The van der Waals surface area contributed by atoms with E-state index in [0.29, 0.717) is 0 Å². The molecule has 0 aromatic heterocycles. The van der Waals surface area contributed by atoms with Gasteiger partial charge in [0.25, 0.3) is 0 Å². The van der Waals surface area contributed by atoms with Gasteiger partial charge in [-0.15, -0.1) is 0 Å². The van der Waals surface area contributed by atoms with Crippen LogP contribution >= 0.6 is 0 Å². The molecule has 0 radical (unpaired) electrons. The van der Waals surface area contributed by atoms with Crippen LogP contribution in [0.4, 0.5) is 5.69 Å². The predicted octanol–water partition coefficient (Wildman–Crippen LogP) is 2.74. The van der Waals surface area contributed by atoms with Crippen molar-refractivity contribution in [3.63, 3.8) is 0 Å². The maximum absolute atomic E-state index is 10.2. The zero-order valence-electron chi connectivity index (χ0n) is 10.5. The molecular weight excluding hydrogens is 198 g/mol. The summed E-state index contributed by atoms with van der Waals surface area (Å²) in [6, 6.07) is 6.52. The Morgan fingerprint density at radius 1 is 1.31 bits per heavy atom. The number of aliphatic hydroxyl groups excluding tert-OH is 1. The highest BCUT2D eigenvalue weighted by Crippen LogP contribution is 2.33. The zero-order valence-corrected chi connectivity index (χ0v) is 10.5. The Morgan fingerprint density at radius 2 is 2.00 bits per heavy atom. The molecule has 0 fully saturated rings. The van der Waals surface area contributed by atoms with Crippen molar-refractivity contribution in [2.24, 2.45) is 5.41 Å². The van der Waals surface area contributed by atoms with E-state index < -0.39 is 0 Å². The average molecular weight is 219 g/mol. The van der Waals surface area contributed by atoms with Crippen molar-refractivity contribution < 1.29 is 5.11 Å². The van der Waals surface area contributed by atoms with E-state index >= 15 is 0 Å². The fourth-order valence-electron chi connectivity index (χ4n) is 2.43. The molecule has 2 heteroatoms. The van der Waals surface area contributed by atoms with Gasteiger partial charge in [-0.2, -0.15) is 0 Å². The summed E-state index contributed by atoms with van der Waals surface area (Å²) in [5.74, 6) is 0. The van der Waals surface area contributed by atoms with Crippen LogP contribution in [0.25, 0.3) is 0 Å². The summed E-state index contributed by atoms with van der Waals surface area (Å²) in [5.41, 5.74) is 3.73. The summed E-state index contributed by atoms with van der Waals surface area (Å²) in [4.78, 5) is 0. The number of anilines is 1. The lowest BCUT2D eigenvalue weighted by molar-refractivity contribution is 0.0987. The van der Waals surface area contributed by atoms with Crippen LogP contribution in [0, 0.1) is 12.3 Å². The summed E-state index contributed by atoms with van der Waals surface area (Å²) in [6.07, 6.45) is 0.459. The second kappa shape index (κ2) is 3.77. The topological polar surface area (TPSA) is 32.3 Å². The molecule has 2 N–H and O–H groups in total. The second-order valence-corrected chi connectivity index (χ2v) is 5.92. The van der Waals surface area contributed by atoms with Crippen LogP contribution in [-0.4, -0.2) is 17.3 Å². The number of aryl methyl sites for hydroxylation is 1. The molecule has 0 aliphatic carbocycles. The van der Waals surface area contributed by atoms with Crippen molar-refractivity contribution in [1.29, 1.82) is 0 Å². The average Bonchev–Trinajstić information content (AvgIpc) is 2.14. The summed E-state index contributed by atoms with van der Waals surface area (Å²) < 4.78 is 0. The molecule has 1 aliphatic rings. The zero-order chi connectivity index (χ0) is 11.9. The van der Waals surface area contributed by atoms with Crippen molar-refractivity contribution in [2.45, 2.75) is 46.3 Å². The summed E-state index contributed by atoms with van der Waals surface area (Å²) in [6.45, 7) is 8.57. The molecule has 1 heterocycles. The Bertz CT molecular complexity index is 392. The number of fused-ring (bicyclic) bond motifs is 1. The van der Waals surface area contributed by atoms with E-state index in [1.54, 1.807) is 0 Å². The summed E-state index contributed by atoms with van der Waals surface area (Å²) in [7, 11) is 0. The molecule has 0 saturated heterocycles. The predicted molar refractivity (Wildman–Crippen MR) is 67.8 cm³/mol. The lowest BCUT2D eigenvalue weighted by Crippen LogP contribution is -2.47. The van der Waals surface area contributed by atoms with E-state index in [1.165, 1.54) is 16.8 Å². The van der Waals surface area contributed by atoms with Crippen LogP contribution in [0.1, 0.15) is 31.9 Å². The monoisotopic (exact) mass is 219 g/mol. The maximum atomic E-state index is 10.2. The third-order valence-corrected chi connectivity index (χ3v) is 3.32. The first kappa shape index (κ1) is 11.5. The minimum atomic E-state index is -0.297. The lowest BCUT2D eigenvalue weighted by atomic mass is 9.79. The van der Waals surface area contributed by atoms with E-state index in [0.717, 1.165) is 6.42 Å². The van der Waals surface area contributed by atoms with E-state index in [1.807, 2.05) is 0 Å². The molecule has 2 rings (SSSR count). The van der Waals surface area contributed by atoms with Gasteiger partial charge in [-0.05, 0) is 24.0 Å². The number of nitrogens with one attached hydrogen (secondary N) is 1. The molecule has 16 heavy (non-hydrogen) atoms. The van der Waals surface area contributed by atoms with Gasteiger partial charge in [0.1, 0.15) is 0 Å². The highest BCUT2D eigenvalue weighted by atomic mass is 16.3. The van der Waals surface area contributed by atoms with Crippen LogP contribution in [0.15, 0.2) is 18.2 Å². The Morgan fingerprint density at radius 3 is 2.62 bits per heavy atom. The first-order valence-corrected chi connectivity index (χ1v) is 5.92. The Balaban J connectivity index is 2.32. The van der Waals surface area contributed by atoms with E-state index in [9.17, 15) is 5.11 Å². The fourth-order valence-corrected chi connectivity index (χ4v) is 2.43. The highest BCUT2D eigenvalue weighted by molar-refractivity contribution is 5.56. The SMILES string of the molecule is Cc1ccc2c(c1)CC(O)C(C(C)(C)C)N2. The summed E-state index contributed by atoms with van der Waals surface area (Å²) >= 11 is 0. The number of hydrogen-bond donors (Lipinski definition) is 2. The smallest absolute Gasteiger partial charge is 0.0787 e. The molecule has 0 spiro atoms. The standard InChI is InChI=1S/C14H21NO/c1-9-5-6-11-10(7-9)8-12(16)13(15-11)14(2,3)4/h5-7,12-13,15-16H,8H2,1-4H3. The van der Waals surface area contributed by atoms with Crippen molar-refractivity contribution in [2.75, 3.05) is 5.32 Å². The molecule has 0 amide bonds. The van der Waals surface area contributed by atoms with E-state index in [2.05, 4.69) is 51.2 Å². The van der Waals surface area contributed by atoms with Crippen molar-refractivity contribution in [3.05, 3.63) is 29.3 Å². The molecule has 1 aromatic carbocycles. The maximum Gasteiger partial charge on any atom is 0.0787 e. The molecular formula is C14H21NO. The highest BCUT2D eigenvalue weighted by Gasteiger charge is 2.34. The third kappa shape index (κ3) is 2.07. The van der Waals surface area contributed by atoms with E-state index in [4.69, 9.17) is 0 Å². The van der Waals surface area contributed by atoms with Gasteiger partial charge < -0.3 is 10.4 Å². The first-order valence-electron chi connectivity index (χ1n) is 5.92. The lowest BCUT2D eigenvalue weighted by Gasteiger charge is -2.40. The van der Waals surface area contributed by atoms with Crippen LogP contribution in [0.3, 0.4) is 0 Å². The van der Waals surface area contributed by atoms with Crippen LogP contribution in [0.5, 0.6) is 0 Å². The number of hydrogen-bond acceptors (Lipinski definition) is 2. The van der Waals surface area contributed by atoms with Gasteiger partial charge in [0.15, 0.2) is 0 Å². The van der Waals surface area contributed by atoms with Gasteiger partial charge in [-0.1, -0.05) is 38.5 Å². The quantitative estimate of drug-likeness (QED) is 0.703. The molecule has 1 aromatic rings.